The molecule has 1 atom stereocenters. The highest BCUT2D eigenvalue weighted by Crippen LogP contribution is 2.17. The number of hydrogen-bond donors (Lipinski definition) is 2. The quantitative estimate of drug-likeness (QED) is 0.373. The van der Waals surface area contributed by atoms with E-state index in [0.717, 1.165) is 5.56 Å². The first-order valence-electron chi connectivity index (χ1n) is 6.13. The van der Waals surface area contributed by atoms with E-state index in [1.165, 1.54) is 0 Å². The molecule has 0 bridgehead atoms. The third-order valence-electron chi connectivity index (χ3n) is 3.19. The fourth-order valence-electron chi connectivity index (χ4n) is 2.06. The van der Waals surface area contributed by atoms with Gasteiger partial charge in [-0.2, -0.15) is 0 Å². The fourth-order valence-corrected chi connectivity index (χ4v) is 2.06. The Bertz CT molecular complexity index is 461. The van der Waals surface area contributed by atoms with E-state index in [1.807, 2.05) is 30.3 Å². The van der Waals surface area contributed by atoms with Gasteiger partial charge in [0.1, 0.15) is 12.4 Å². The Labute approximate surface area is 111 Å². The first-order valence-corrected chi connectivity index (χ1v) is 6.13. The highest BCUT2D eigenvalue weighted by molar-refractivity contribution is 5.83. The second kappa shape index (κ2) is 6.08. The van der Waals surface area contributed by atoms with Crippen molar-refractivity contribution in [2.75, 3.05) is 13.1 Å². The van der Waals surface area contributed by atoms with E-state index >= 15 is 0 Å². The molecule has 0 radical (unpaired) electrons. The minimum absolute atomic E-state index is 0.0886. The van der Waals surface area contributed by atoms with E-state index in [9.17, 15) is 4.79 Å². The summed E-state index contributed by atoms with van der Waals surface area (Å²) in [5.41, 5.74) is 6.47. The summed E-state index contributed by atoms with van der Waals surface area (Å²) in [5.74, 6) is 0.0765. The molecule has 1 aliphatic rings. The Hall–Kier alpha value is -2.24. The van der Waals surface area contributed by atoms with Gasteiger partial charge in [-0.05, 0) is 12.0 Å². The third kappa shape index (κ3) is 3.37. The predicted octanol–water partition coefficient (Wildman–Crippen LogP) is 1.39. The molecule has 0 aromatic heterocycles. The topological polar surface area (TPSA) is 88.2 Å². The van der Waals surface area contributed by atoms with E-state index in [1.54, 1.807) is 4.90 Å². The van der Waals surface area contributed by atoms with Gasteiger partial charge in [-0.1, -0.05) is 35.5 Å². The number of benzene rings is 1. The normalized spacial score (nSPS) is 19.5. The standard InChI is InChI=1S/C13H17N3O3/c14-12(15-18)11-6-7-16(8-11)13(17)19-9-10-4-2-1-3-5-10/h1-5,11,18H,6-9H2,(H2,14,15). The Morgan fingerprint density at radius 1 is 1.47 bits per heavy atom. The zero-order valence-corrected chi connectivity index (χ0v) is 10.5. The summed E-state index contributed by atoms with van der Waals surface area (Å²) in [7, 11) is 0. The molecule has 1 heterocycles. The van der Waals surface area contributed by atoms with Crippen LogP contribution < -0.4 is 5.73 Å². The van der Waals surface area contributed by atoms with Gasteiger partial charge < -0.3 is 20.6 Å². The molecule has 1 aliphatic heterocycles. The average Bonchev–Trinajstić information content (AvgIpc) is 2.95. The second-order valence-electron chi connectivity index (χ2n) is 4.50. The Morgan fingerprint density at radius 2 is 2.21 bits per heavy atom. The third-order valence-corrected chi connectivity index (χ3v) is 3.19. The summed E-state index contributed by atoms with van der Waals surface area (Å²) < 4.78 is 5.22. The summed E-state index contributed by atoms with van der Waals surface area (Å²) >= 11 is 0. The number of likely N-dealkylation sites (tertiary alicyclic amines) is 1. The molecule has 6 heteroatoms. The van der Waals surface area contributed by atoms with Crippen molar-refractivity contribution in [1.82, 2.24) is 4.90 Å². The maximum atomic E-state index is 11.8. The van der Waals surface area contributed by atoms with Crippen LogP contribution in [0.15, 0.2) is 35.5 Å². The molecule has 19 heavy (non-hydrogen) atoms. The van der Waals surface area contributed by atoms with Gasteiger partial charge in [0, 0.05) is 19.0 Å². The molecule has 6 nitrogen and oxygen atoms in total. The van der Waals surface area contributed by atoms with Crippen LogP contribution in [0.2, 0.25) is 0 Å². The maximum absolute atomic E-state index is 11.8. The molecule has 0 aliphatic carbocycles. The van der Waals surface area contributed by atoms with Crippen molar-refractivity contribution < 1.29 is 14.7 Å². The van der Waals surface area contributed by atoms with E-state index < -0.39 is 0 Å². The van der Waals surface area contributed by atoms with Gasteiger partial charge >= 0.3 is 6.09 Å². The van der Waals surface area contributed by atoms with Crippen LogP contribution in [0.25, 0.3) is 0 Å². The van der Waals surface area contributed by atoms with Crippen molar-refractivity contribution in [2.45, 2.75) is 13.0 Å². The van der Waals surface area contributed by atoms with Gasteiger partial charge in [0.05, 0.1) is 0 Å². The van der Waals surface area contributed by atoms with Gasteiger partial charge in [-0.25, -0.2) is 4.79 Å². The van der Waals surface area contributed by atoms with Crippen molar-refractivity contribution in [2.24, 2.45) is 16.8 Å². The summed E-state index contributed by atoms with van der Waals surface area (Å²) in [6.45, 7) is 1.25. The molecule has 1 amide bonds. The first-order chi connectivity index (χ1) is 9.20. The fraction of sp³-hybridized carbons (Fsp3) is 0.385. The molecule has 1 saturated heterocycles. The monoisotopic (exact) mass is 263 g/mol. The molecule has 1 aromatic rings. The smallest absolute Gasteiger partial charge is 0.410 e. The first kappa shape index (κ1) is 13.2. The SMILES string of the molecule is N/C(=N\O)C1CCN(C(=O)OCc2ccccc2)C1. The van der Waals surface area contributed by atoms with Gasteiger partial charge in [0.15, 0.2) is 0 Å². The Kier molecular flexibility index (Phi) is 4.22. The zero-order valence-electron chi connectivity index (χ0n) is 10.5. The molecular weight excluding hydrogens is 246 g/mol. The largest absolute Gasteiger partial charge is 0.445 e. The molecular formula is C13H17N3O3. The van der Waals surface area contributed by atoms with E-state index in [4.69, 9.17) is 15.7 Å². The number of carbonyl (C=O) groups excluding carboxylic acids is 1. The number of hydrogen-bond acceptors (Lipinski definition) is 4. The lowest BCUT2D eigenvalue weighted by molar-refractivity contribution is 0.104. The molecule has 3 N–H and O–H groups in total. The van der Waals surface area contributed by atoms with Crippen LogP contribution in [-0.4, -0.2) is 35.1 Å². The van der Waals surface area contributed by atoms with Crippen molar-refractivity contribution in [3.8, 4) is 0 Å². The molecule has 102 valence electrons. The van der Waals surface area contributed by atoms with E-state index in [2.05, 4.69) is 5.16 Å². The molecule has 2 rings (SSSR count). The Morgan fingerprint density at radius 3 is 2.89 bits per heavy atom. The van der Waals surface area contributed by atoms with Crippen LogP contribution in [0.1, 0.15) is 12.0 Å². The van der Waals surface area contributed by atoms with Gasteiger partial charge in [0.2, 0.25) is 0 Å². The molecule has 1 aromatic carbocycles. The number of ether oxygens (including phenoxy) is 1. The number of amides is 1. The van der Waals surface area contributed by atoms with Crippen LogP contribution in [0.3, 0.4) is 0 Å². The minimum atomic E-state index is -0.364. The summed E-state index contributed by atoms with van der Waals surface area (Å²) in [6.07, 6.45) is 0.327. The van der Waals surface area contributed by atoms with Crippen LogP contribution >= 0.6 is 0 Å². The lowest BCUT2D eigenvalue weighted by Gasteiger charge is -2.16. The summed E-state index contributed by atoms with van der Waals surface area (Å²) in [6, 6.07) is 9.50. The average molecular weight is 263 g/mol. The number of amidine groups is 1. The second-order valence-corrected chi connectivity index (χ2v) is 4.50. The van der Waals surface area contributed by atoms with Crippen LogP contribution in [0, 0.1) is 5.92 Å². The van der Waals surface area contributed by atoms with Crippen molar-refractivity contribution in [1.29, 1.82) is 0 Å². The molecule has 1 fully saturated rings. The van der Waals surface area contributed by atoms with Crippen molar-refractivity contribution in [3.05, 3.63) is 35.9 Å². The van der Waals surface area contributed by atoms with Gasteiger partial charge in [-0.15, -0.1) is 0 Å². The maximum Gasteiger partial charge on any atom is 0.410 e. The van der Waals surface area contributed by atoms with Crippen LogP contribution in [0.5, 0.6) is 0 Å². The highest BCUT2D eigenvalue weighted by Gasteiger charge is 2.29. The molecule has 0 spiro atoms. The lowest BCUT2D eigenvalue weighted by atomic mass is 10.1. The van der Waals surface area contributed by atoms with Gasteiger partial charge in [0.25, 0.3) is 0 Å². The number of oxime groups is 1. The summed E-state index contributed by atoms with van der Waals surface area (Å²) in [4.78, 5) is 13.4. The number of rotatable bonds is 3. The predicted molar refractivity (Wildman–Crippen MR) is 69.7 cm³/mol. The summed E-state index contributed by atoms with van der Waals surface area (Å²) in [5, 5.41) is 11.6. The molecule has 0 saturated carbocycles. The highest BCUT2D eigenvalue weighted by atomic mass is 16.6. The van der Waals surface area contributed by atoms with Crippen molar-refractivity contribution >= 4 is 11.9 Å². The zero-order chi connectivity index (χ0) is 13.7. The number of carbonyl (C=O) groups is 1. The van der Waals surface area contributed by atoms with Crippen LogP contribution in [0.4, 0.5) is 4.79 Å². The molecule has 1 unspecified atom stereocenters. The minimum Gasteiger partial charge on any atom is -0.445 e. The van der Waals surface area contributed by atoms with Crippen molar-refractivity contribution in [3.63, 3.8) is 0 Å². The number of nitrogens with zero attached hydrogens (tertiary/aromatic N) is 2. The van der Waals surface area contributed by atoms with E-state index in [0.29, 0.717) is 19.5 Å². The lowest BCUT2D eigenvalue weighted by Crippen LogP contribution is -2.32. The Balaban J connectivity index is 1.82. The number of nitrogens with two attached hydrogens (primary N) is 1. The van der Waals surface area contributed by atoms with E-state index in [-0.39, 0.29) is 24.5 Å². The van der Waals surface area contributed by atoms with Crippen LogP contribution in [-0.2, 0) is 11.3 Å². The van der Waals surface area contributed by atoms with Gasteiger partial charge in [-0.3, -0.25) is 0 Å².